The minimum absolute atomic E-state index is 0.0314. The van der Waals surface area contributed by atoms with Crippen molar-refractivity contribution < 1.29 is 29.3 Å². The van der Waals surface area contributed by atoms with Crippen LogP contribution in [0, 0.1) is 0 Å². The first-order valence-corrected chi connectivity index (χ1v) is 11.5. The van der Waals surface area contributed by atoms with Crippen molar-refractivity contribution in [3.05, 3.63) is 89.0 Å². The number of nitrogens with zero attached hydrogens (tertiary/aromatic N) is 1. The molecule has 7 heteroatoms. The first-order chi connectivity index (χ1) is 17.1. The van der Waals surface area contributed by atoms with Crippen LogP contribution >= 0.6 is 0 Å². The number of hydrogen-bond acceptors (Lipinski definition) is 6. The Morgan fingerprint density at radius 1 is 0.917 bits per heavy atom. The fourth-order valence-electron chi connectivity index (χ4n) is 4.37. The number of aromatic hydroxyl groups is 1. The summed E-state index contributed by atoms with van der Waals surface area (Å²) >= 11 is 0. The SMILES string of the molecule is COc1cccc(N2C(=O)C(=O)/C(=C(/O)c3cc(C(C)(C)C)ccc3OC)C2c2cccc(O)c2)c1. The maximum atomic E-state index is 13.5. The van der Waals surface area contributed by atoms with Crippen molar-refractivity contribution in [1.29, 1.82) is 0 Å². The average molecular weight is 488 g/mol. The maximum Gasteiger partial charge on any atom is 0.300 e. The van der Waals surface area contributed by atoms with Crippen LogP contribution in [0.4, 0.5) is 5.69 Å². The van der Waals surface area contributed by atoms with Crippen molar-refractivity contribution >= 4 is 23.1 Å². The van der Waals surface area contributed by atoms with Crippen LogP contribution < -0.4 is 14.4 Å². The van der Waals surface area contributed by atoms with Crippen LogP contribution in [0.5, 0.6) is 17.2 Å². The van der Waals surface area contributed by atoms with Gasteiger partial charge in [0.1, 0.15) is 23.0 Å². The van der Waals surface area contributed by atoms with Crippen LogP contribution in [0.15, 0.2) is 72.3 Å². The summed E-state index contributed by atoms with van der Waals surface area (Å²) in [5.41, 5.74) is 1.76. The van der Waals surface area contributed by atoms with E-state index >= 15 is 0 Å². The van der Waals surface area contributed by atoms with Gasteiger partial charge in [-0.25, -0.2) is 0 Å². The quantitative estimate of drug-likeness (QED) is 0.287. The highest BCUT2D eigenvalue weighted by Gasteiger charge is 2.47. The second-order valence-corrected chi connectivity index (χ2v) is 9.63. The summed E-state index contributed by atoms with van der Waals surface area (Å²) in [6.07, 6.45) is 0. The zero-order valence-electron chi connectivity index (χ0n) is 20.9. The minimum Gasteiger partial charge on any atom is -0.508 e. The summed E-state index contributed by atoms with van der Waals surface area (Å²) in [5, 5.41) is 21.8. The van der Waals surface area contributed by atoms with Gasteiger partial charge in [-0.3, -0.25) is 14.5 Å². The molecule has 1 aliphatic rings. The number of aliphatic hydroxyl groups is 1. The second-order valence-electron chi connectivity index (χ2n) is 9.63. The van der Waals surface area contributed by atoms with E-state index < -0.39 is 17.7 Å². The number of rotatable bonds is 5. The third-order valence-corrected chi connectivity index (χ3v) is 6.28. The molecule has 1 fully saturated rings. The number of methoxy groups -OCH3 is 2. The van der Waals surface area contributed by atoms with E-state index in [2.05, 4.69) is 0 Å². The molecule has 186 valence electrons. The summed E-state index contributed by atoms with van der Waals surface area (Å²) in [6.45, 7) is 6.10. The van der Waals surface area contributed by atoms with Crippen molar-refractivity contribution in [3.63, 3.8) is 0 Å². The van der Waals surface area contributed by atoms with E-state index in [0.29, 0.717) is 28.3 Å². The summed E-state index contributed by atoms with van der Waals surface area (Å²) in [7, 11) is 2.98. The lowest BCUT2D eigenvalue weighted by molar-refractivity contribution is -0.132. The number of aliphatic hydroxyl groups excluding tert-OH is 1. The predicted molar refractivity (Wildman–Crippen MR) is 138 cm³/mol. The highest BCUT2D eigenvalue weighted by atomic mass is 16.5. The van der Waals surface area contributed by atoms with Gasteiger partial charge < -0.3 is 19.7 Å². The van der Waals surface area contributed by atoms with Crippen LogP contribution in [-0.2, 0) is 15.0 Å². The molecular weight excluding hydrogens is 458 g/mol. The predicted octanol–water partition coefficient (Wildman–Crippen LogP) is 5.33. The number of amides is 1. The number of carbonyl (C=O) groups excluding carboxylic acids is 2. The van der Waals surface area contributed by atoms with Crippen LogP contribution in [-0.4, -0.2) is 36.1 Å². The van der Waals surface area contributed by atoms with E-state index in [9.17, 15) is 19.8 Å². The maximum absolute atomic E-state index is 13.5. The fraction of sp³-hybridized carbons (Fsp3) is 0.241. The molecule has 1 saturated heterocycles. The summed E-state index contributed by atoms with van der Waals surface area (Å²) in [5.74, 6) is -1.16. The molecule has 1 unspecified atom stereocenters. The highest BCUT2D eigenvalue weighted by molar-refractivity contribution is 6.51. The van der Waals surface area contributed by atoms with Gasteiger partial charge in [0.15, 0.2) is 0 Å². The zero-order chi connectivity index (χ0) is 26.2. The lowest BCUT2D eigenvalue weighted by Gasteiger charge is -2.26. The normalized spacial score (nSPS) is 17.4. The first-order valence-electron chi connectivity index (χ1n) is 11.5. The van der Waals surface area contributed by atoms with Gasteiger partial charge in [-0.2, -0.15) is 0 Å². The number of ketones is 1. The van der Waals surface area contributed by atoms with Crippen molar-refractivity contribution in [2.24, 2.45) is 0 Å². The van der Waals surface area contributed by atoms with Crippen molar-refractivity contribution in [2.75, 3.05) is 19.1 Å². The van der Waals surface area contributed by atoms with E-state index in [1.807, 2.05) is 26.8 Å². The molecule has 0 bridgehead atoms. The molecule has 4 rings (SSSR count). The molecule has 1 aliphatic heterocycles. The zero-order valence-corrected chi connectivity index (χ0v) is 20.9. The van der Waals surface area contributed by atoms with Crippen LogP contribution in [0.25, 0.3) is 5.76 Å². The Labute approximate surface area is 210 Å². The first kappa shape index (κ1) is 24.9. The van der Waals surface area contributed by atoms with Gasteiger partial charge >= 0.3 is 0 Å². The van der Waals surface area contributed by atoms with E-state index in [-0.39, 0.29) is 22.5 Å². The molecule has 36 heavy (non-hydrogen) atoms. The lowest BCUT2D eigenvalue weighted by Crippen LogP contribution is -2.29. The molecular formula is C29H29NO6. The molecule has 1 atom stereocenters. The summed E-state index contributed by atoms with van der Waals surface area (Å²) < 4.78 is 10.8. The number of phenolic OH excluding ortho intramolecular Hbond substituents is 1. The summed E-state index contributed by atoms with van der Waals surface area (Å²) in [6, 6.07) is 17.5. The van der Waals surface area contributed by atoms with Gasteiger partial charge in [-0.1, -0.05) is 45.0 Å². The second kappa shape index (κ2) is 9.41. The number of Topliss-reactive ketones (excluding diaryl/α,β-unsaturated/α-hetero) is 1. The number of hydrogen-bond donors (Lipinski definition) is 2. The van der Waals surface area contributed by atoms with E-state index in [1.165, 1.54) is 31.3 Å². The third kappa shape index (κ3) is 4.40. The molecule has 3 aromatic rings. The smallest absolute Gasteiger partial charge is 0.300 e. The van der Waals surface area contributed by atoms with Crippen molar-refractivity contribution in [1.82, 2.24) is 0 Å². The largest absolute Gasteiger partial charge is 0.508 e. The Kier molecular flexibility index (Phi) is 6.50. The minimum atomic E-state index is -0.993. The Morgan fingerprint density at radius 2 is 1.64 bits per heavy atom. The number of carbonyl (C=O) groups is 2. The number of ether oxygens (including phenoxy) is 2. The Bertz CT molecular complexity index is 1370. The molecule has 0 radical (unpaired) electrons. The highest BCUT2D eigenvalue weighted by Crippen LogP contribution is 2.44. The van der Waals surface area contributed by atoms with Gasteiger partial charge in [-0.15, -0.1) is 0 Å². The molecule has 1 amide bonds. The molecule has 3 aromatic carbocycles. The lowest BCUT2D eigenvalue weighted by atomic mass is 9.85. The van der Waals surface area contributed by atoms with E-state index in [4.69, 9.17) is 9.47 Å². The molecule has 2 N–H and O–H groups in total. The monoisotopic (exact) mass is 487 g/mol. The molecule has 0 aromatic heterocycles. The van der Waals surface area contributed by atoms with Gasteiger partial charge in [0.25, 0.3) is 11.7 Å². The number of phenols is 1. The standard InChI is InChI=1S/C29H29NO6/c1-29(2,3)18-12-13-23(36-5)22(15-18)26(32)24-25(17-8-6-10-20(31)14-17)30(28(34)27(24)33)19-9-7-11-21(16-19)35-4/h6-16,25,31-32H,1-5H3/b26-24+. The average Bonchev–Trinajstić information content (AvgIpc) is 3.13. The Hall–Kier alpha value is -4.26. The fourth-order valence-corrected chi connectivity index (χ4v) is 4.37. The van der Waals surface area contributed by atoms with Crippen LogP contribution in [0.1, 0.15) is 43.5 Å². The molecule has 1 heterocycles. The Balaban J connectivity index is 2.00. The van der Waals surface area contributed by atoms with Crippen LogP contribution in [0.3, 0.4) is 0 Å². The number of benzene rings is 3. The van der Waals surface area contributed by atoms with E-state index in [1.54, 1.807) is 48.5 Å². The van der Waals surface area contributed by atoms with Gasteiger partial charge in [-0.05, 0) is 52.9 Å². The summed E-state index contributed by atoms with van der Waals surface area (Å²) in [4.78, 5) is 28.2. The number of anilines is 1. The van der Waals surface area contributed by atoms with Gasteiger partial charge in [0.2, 0.25) is 0 Å². The molecule has 0 spiro atoms. The third-order valence-electron chi connectivity index (χ3n) is 6.28. The molecule has 7 nitrogen and oxygen atoms in total. The van der Waals surface area contributed by atoms with Crippen molar-refractivity contribution in [3.8, 4) is 17.2 Å². The Morgan fingerprint density at radius 3 is 2.28 bits per heavy atom. The van der Waals surface area contributed by atoms with Crippen molar-refractivity contribution in [2.45, 2.75) is 32.2 Å². The van der Waals surface area contributed by atoms with E-state index in [0.717, 1.165) is 5.56 Å². The van der Waals surface area contributed by atoms with Crippen LogP contribution in [0.2, 0.25) is 0 Å². The van der Waals surface area contributed by atoms with Gasteiger partial charge in [0, 0.05) is 11.8 Å². The molecule has 0 saturated carbocycles. The topological polar surface area (TPSA) is 96.3 Å². The van der Waals surface area contributed by atoms with Gasteiger partial charge in [0.05, 0.1) is 31.4 Å². The molecule has 0 aliphatic carbocycles.